The van der Waals surface area contributed by atoms with E-state index in [1.807, 2.05) is 12.5 Å². The predicted molar refractivity (Wildman–Crippen MR) is 63.5 cm³/mol. The zero-order valence-electron chi connectivity index (χ0n) is 10.1. The van der Waals surface area contributed by atoms with E-state index < -0.39 is 0 Å². The number of nitrogens with one attached hydrogen (secondary N) is 1. The lowest BCUT2D eigenvalue weighted by Gasteiger charge is -2.24. The van der Waals surface area contributed by atoms with E-state index in [2.05, 4.69) is 21.8 Å². The second-order valence-corrected chi connectivity index (χ2v) is 4.54. The molecule has 2 rings (SSSR count). The van der Waals surface area contributed by atoms with Crippen molar-refractivity contribution in [3.05, 3.63) is 18.2 Å². The molecule has 1 unspecified atom stereocenters. The van der Waals surface area contributed by atoms with Crippen LogP contribution in [0.1, 0.15) is 31.4 Å². The first-order valence-corrected chi connectivity index (χ1v) is 6.04. The molecule has 90 valence electrons. The van der Waals surface area contributed by atoms with Crippen molar-refractivity contribution in [1.82, 2.24) is 14.9 Å². The number of piperidine rings is 1. The van der Waals surface area contributed by atoms with Gasteiger partial charge in [-0.3, -0.25) is 0 Å². The average Bonchev–Trinajstić information content (AvgIpc) is 2.78. The molecular weight excluding hydrogens is 202 g/mol. The summed E-state index contributed by atoms with van der Waals surface area (Å²) in [6.45, 7) is 5.23. The van der Waals surface area contributed by atoms with Crippen molar-refractivity contribution in [1.29, 1.82) is 0 Å². The molecule has 4 heteroatoms. The Balaban J connectivity index is 2.05. The minimum absolute atomic E-state index is 0.245. The van der Waals surface area contributed by atoms with Gasteiger partial charge >= 0.3 is 0 Å². The van der Waals surface area contributed by atoms with Crippen molar-refractivity contribution in [2.75, 3.05) is 20.2 Å². The Bertz CT molecular complexity index is 318. The molecule has 0 spiro atoms. The zero-order valence-corrected chi connectivity index (χ0v) is 10.1. The number of aromatic nitrogens is 2. The van der Waals surface area contributed by atoms with Gasteiger partial charge < -0.3 is 14.6 Å². The van der Waals surface area contributed by atoms with E-state index in [0.717, 1.165) is 19.6 Å². The summed E-state index contributed by atoms with van der Waals surface area (Å²) in [6, 6.07) is 0. The highest BCUT2D eigenvalue weighted by atomic mass is 16.5. The van der Waals surface area contributed by atoms with E-state index in [4.69, 9.17) is 4.74 Å². The number of hydrogen-bond donors (Lipinski definition) is 1. The van der Waals surface area contributed by atoms with E-state index in [1.165, 1.54) is 18.5 Å². The first-order valence-electron chi connectivity index (χ1n) is 6.04. The van der Waals surface area contributed by atoms with Crippen LogP contribution >= 0.6 is 0 Å². The molecule has 0 bridgehead atoms. The minimum atomic E-state index is 0.245. The molecule has 1 saturated heterocycles. The Labute approximate surface area is 97.0 Å². The lowest BCUT2D eigenvalue weighted by molar-refractivity contribution is 0.102. The highest BCUT2D eigenvalue weighted by Crippen LogP contribution is 2.24. The topological polar surface area (TPSA) is 39.1 Å². The molecule has 4 nitrogen and oxygen atoms in total. The average molecular weight is 223 g/mol. The van der Waals surface area contributed by atoms with Crippen LogP contribution in [0.15, 0.2) is 12.5 Å². The Morgan fingerprint density at radius 1 is 1.56 bits per heavy atom. The second kappa shape index (κ2) is 5.46. The third-order valence-corrected chi connectivity index (χ3v) is 3.36. The monoisotopic (exact) mass is 223 g/mol. The number of imidazole rings is 1. The highest BCUT2D eigenvalue weighted by molar-refractivity contribution is 5.08. The Morgan fingerprint density at radius 2 is 2.31 bits per heavy atom. The third-order valence-electron chi connectivity index (χ3n) is 3.36. The Morgan fingerprint density at radius 3 is 3.00 bits per heavy atom. The van der Waals surface area contributed by atoms with E-state index in [0.29, 0.717) is 5.92 Å². The molecule has 1 atom stereocenters. The maximum atomic E-state index is 5.30. The molecule has 1 aliphatic heterocycles. The normalized spacial score (nSPS) is 19.9. The molecule has 1 aromatic rings. The first-order chi connectivity index (χ1) is 7.81. The van der Waals surface area contributed by atoms with Gasteiger partial charge in [0, 0.05) is 31.5 Å². The van der Waals surface area contributed by atoms with Crippen LogP contribution in [-0.4, -0.2) is 35.9 Å². The molecule has 16 heavy (non-hydrogen) atoms. The van der Waals surface area contributed by atoms with Gasteiger partial charge in [0.1, 0.15) is 0 Å². The van der Waals surface area contributed by atoms with Crippen LogP contribution in [0.5, 0.6) is 0 Å². The lowest BCUT2D eigenvalue weighted by atomic mass is 9.95. The number of methoxy groups -OCH3 is 1. The molecular formula is C12H21N3O. The van der Waals surface area contributed by atoms with Crippen molar-refractivity contribution in [2.24, 2.45) is 0 Å². The van der Waals surface area contributed by atoms with Crippen LogP contribution in [0.3, 0.4) is 0 Å². The molecule has 1 N–H and O–H groups in total. The number of hydrogen-bond acceptors (Lipinski definition) is 3. The summed E-state index contributed by atoms with van der Waals surface area (Å²) in [7, 11) is 1.76. The summed E-state index contributed by atoms with van der Waals surface area (Å²) in [5, 5.41) is 3.39. The third kappa shape index (κ3) is 2.62. The summed E-state index contributed by atoms with van der Waals surface area (Å²) in [5.41, 5.74) is 1.37. The van der Waals surface area contributed by atoms with E-state index in [1.54, 1.807) is 7.11 Å². The fourth-order valence-electron chi connectivity index (χ4n) is 2.29. The van der Waals surface area contributed by atoms with Crippen LogP contribution in [0, 0.1) is 0 Å². The summed E-state index contributed by atoms with van der Waals surface area (Å²) in [5.74, 6) is 0.660. The molecule has 2 heterocycles. The highest BCUT2D eigenvalue weighted by Gasteiger charge is 2.19. The van der Waals surface area contributed by atoms with Gasteiger partial charge in [-0.15, -0.1) is 0 Å². The van der Waals surface area contributed by atoms with E-state index in [-0.39, 0.29) is 6.10 Å². The number of ether oxygens (including phenoxy) is 1. The molecule has 0 saturated carbocycles. The Hall–Kier alpha value is -0.870. The van der Waals surface area contributed by atoms with Gasteiger partial charge in [0.15, 0.2) is 0 Å². The predicted octanol–water partition coefficient (Wildman–Crippen LogP) is 1.39. The fraction of sp³-hybridized carbons (Fsp3) is 0.750. The number of nitrogens with zero attached hydrogens (tertiary/aromatic N) is 2. The standard InChI is InChI=1S/C12H21N3O/c1-10(16-2)8-15-9-14-7-12(15)11-3-5-13-6-4-11/h7,9-11,13H,3-6,8H2,1-2H3. The van der Waals surface area contributed by atoms with Gasteiger partial charge in [0.05, 0.1) is 12.4 Å². The summed E-state index contributed by atoms with van der Waals surface area (Å²) >= 11 is 0. The molecule has 1 fully saturated rings. The van der Waals surface area contributed by atoms with E-state index >= 15 is 0 Å². The maximum Gasteiger partial charge on any atom is 0.0949 e. The van der Waals surface area contributed by atoms with Gasteiger partial charge in [-0.05, 0) is 32.9 Å². The van der Waals surface area contributed by atoms with E-state index in [9.17, 15) is 0 Å². The van der Waals surface area contributed by atoms with Crippen molar-refractivity contribution >= 4 is 0 Å². The van der Waals surface area contributed by atoms with Gasteiger partial charge in [-0.1, -0.05) is 0 Å². The van der Waals surface area contributed by atoms with Crippen LogP contribution in [-0.2, 0) is 11.3 Å². The summed E-state index contributed by atoms with van der Waals surface area (Å²) < 4.78 is 7.55. The zero-order chi connectivity index (χ0) is 11.4. The maximum absolute atomic E-state index is 5.30. The van der Waals surface area contributed by atoms with Crippen molar-refractivity contribution in [3.8, 4) is 0 Å². The molecule has 0 amide bonds. The minimum Gasteiger partial charge on any atom is -0.380 e. The van der Waals surface area contributed by atoms with Crippen molar-refractivity contribution in [3.63, 3.8) is 0 Å². The molecule has 1 aliphatic rings. The SMILES string of the molecule is COC(C)Cn1cncc1C1CCNCC1. The lowest BCUT2D eigenvalue weighted by Crippen LogP contribution is -2.28. The summed E-state index contributed by atoms with van der Waals surface area (Å²) in [6.07, 6.45) is 6.61. The molecule has 0 radical (unpaired) electrons. The van der Waals surface area contributed by atoms with Gasteiger partial charge in [-0.2, -0.15) is 0 Å². The van der Waals surface area contributed by atoms with Gasteiger partial charge in [0.2, 0.25) is 0 Å². The largest absolute Gasteiger partial charge is 0.380 e. The Kier molecular flexibility index (Phi) is 3.96. The van der Waals surface area contributed by atoms with Crippen LogP contribution in [0.2, 0.25) is 0 Å². The summed E-state index contributed by atoms with van der Waals surface area (Å²) in [4.78, 5) is 4.27. The first kappa shape index (κ1) is 11.6. The second-order valence-electron chi connectivity index (χ2n) is 4.54. The molecule has 0 aliphatic carbocycles. The van der Waals surface area contributed by atoms with Crippen LogP contribution in [0.25, 0.3) is 0 Å². The van der Waals surface area contributed by atoms with Gasteiger partial charge in [0.25, 0.3) is 0 Å². The van der Waals surface area contributed by atoms with Crippen molar-refractivity contribution < 1.29 is 4.74 Å². The smallest absolute Gasteiger partial charge is 0.0949 e. The fourth-order valence-corrected chi connectivity index (χ4v) is 2.29. The molecule has 0 aromatic carbocycles. The van der Waals surface area contributed by atoms with Crippen LogP contribution < -0.4 is 5.32 Å². The van der Waals surface area contributed by atoms with Gasteiger partial charge in [-0.25, -0.2) is 4.98 Å². The van der Waals surface area contributed by atoms with Crippen molar-refractivity contribution in [2.45, 2.75) is 38.3 Å². The molecule has 1 aromatic heterocycles. The van der Waals surface area contributed by atoms with Crippen LogP contribution in [0.4, 0.5) is 0 Å². The quantitative estimate of drug-likeness (QED) is 0.838. The number of rotatable bonds is 4.